The van der Waals surface area contributed by atoms with Crippen LogP contribution in [0.1, 0.15) is 44.6 Å². The Hall–Kier alpha value is -1.16. The zero-order chi connectivity index (χ0) is 13.2. The van der Waals surface area contributed by atoms with Gasteiger partial charge in [-0.05, 0) is 44.6 Å². The van der Waals surface area contributed by atoms with E-state index < -0.39 is 0 Å². The van der Waals surface area contributed by atoms with Gasteiger partial charge in [-0.1, -0.05) is 6.92 Å². The van der Waals surface area contributed by atoms with Crippen LogP contribution in [0.2, 0.25) is 0 Å². The summed E-state index contributed by atoms with van der Waals surface area (Å²) in [6.07, 6.45) is 10.2. The van der Waals surface area contributed by atoms with E-state index in [1.807, 2.05) is 19.3 Å². The van der Waals surface area contributed by atoms with Crippen molar-refractivity contribution in [2.75, 3.05) is 11.4 Å². The summed E-state index contributed by atoms with van der Waals surface area (Å²) in [7, 11) is 0. The molecule has 19 heavy (non-hydrogen) atoms. The maximum absolute atomic E-state index is 4.54. The summed E-state index contributed by atoms with van der Waals surface area (Å²) >= 11 is 0. The maximum Gasteiger partial charge on any atom is 0.225 e. The molecule has 0 radical (unpaired) electrons. The van der Waals surface area contributed by atoms with Crippen LogP contribution < -0.4 is 10.2 Å². The average molecular weight is 260 g/mol. The van der Waals surface area contributed by atoms with Crippen molar-refractivity contribution in [3.63, 3.8) is 0 Å². The molecule has 3 heterocycles. The molecule has 3 rings (SSSR count). The number of hydrogen-bond donors (Lipinski definition) is 1. The number of aromatic nitrogens is 2. The van der Waals surface area contributed by atoms with E-state index in [0.29, 0.717) is 18.1 Å². The first kappa shape index (κ1) is 12.9. The Balaban J connectivity index is 1.78. The van der Waals surface area contributed by atoms with Crippen LogP contribution in [0.3, 0.4) is 0 Å². The fourth-order valence-corrected chi connectivity index (χ4v) is 3.50. The van der Waals surface area contributed by atoms with Crippen molar-refractivity contribution in [1.82, 2.24) is 15.3 Å². The summed E-state index contributed by atoms with van der Waals surface area (Å²) in [4.78, 5) is 11.5. The minimum atomic E-state index is 0.612. The minimum Gasteiger partial charge on any atom is -0.338 e. The molecular weight excluding hydrogens is 236 g/mol. The lowest BCUT2D eigenvalue weighted by Gasteiger charge is -2.37. The molecule has 0 aromatic carbocycles. The highest BCUT2D eigenvalue weighted by molar-refractivity contribution is 5.32. The Bertz CT molecular complexity index is 405. The van der Waals surface area contributed by atoms with E-state index in [1.54, 1.807) is 0 Å². The van der Waals surface area contributed by atoms with Gasteiger partial charge >= 0.3 is 0 Å². The summed E-state index contributed by atoms with van der Waals surface area (Å²) in [6.45, 7) is 5.34. The summed E-state index contributed by atoms with van der Waals surface area (Å²) in [5.74, 6) is 0.916. The van der Waals surface area contributed by atoms with Crippen LogP contribution >= 0.6 is 0 Å². The summed E-state index contributed by atoms with van der Waals surface area (Å²) in [5, 5.41) is 3.71. The fourth-order valence-electron chi connectivity index (χ4n) is 3.50. The minimum absolute atomic E-state index is 0.612. The molecule has 1 aromatic heterocycles. The quantitative estimate of drug-likeness (QED) is 0.902. The molecule has 2 unspecified atom stereocenters. The first-order chi connectivity index (χ1) is 9.26. The fraction of sp³-hybridized carbons (Fsp3) is 0.733. The molecule has 2 aliphatic heterocycles. The van der Waals surface area contributed by atoms with E-state index in [2.05, 4.69) is 27.1 Å². The Morgan fingerprint density at radius 2 is 1.84 bits per heavy atom. The van der Waals surface area contributed by atoms with Gasteiger partial charge in [0.1, 0.15) is 0 Å². The number of anilines is 1. The second-order valence-electron chi connectivity index (χ2n) is 6.02. The lowest BCUT2D eigenvalue weighted by atomic mass is 9.98. The predicted octanol–water partition coefficient (Wildman–Crippen LogP) is 2.28. The van der Waals surface area contributed by atoms with Gasteiger partial charge in [-0.15, -0.1) is 0 Å². The highest BCUT2D eigenvalue weighted by Gasteiger charge is 2.36. The van der Waals surface area contributed by atoms with Crippen molar-refractivity contribution >= 4 is 5.95 Å². The van der Waals surface area contributed by atoms with Gasteiger partial charge in [0.2, 0.25) is 5.95 Å². The lowest BCUT2D eigenvalue weighted by molar-refractivity contribution is 0.344. The van der Waals surface area contributed by atoms with Crippen LogP contribution in [0, 0.1) is 6.92 Å². The van der Waals surface area contributed by atoms with Crippen LogP contribution in [0.15, 0.2) is 12.4 Å². The molecular formula is C15H24N4. The summed E-state index contributed by atoms with van der Waals surface area (Å²) < 4.78 is 0. The monoisotopic (exact) mass is 260 g/mol. The molecule has 104 valence electrons. The third-order valence-electron chi connectivity index (χ3n) is 4.38. The summed E-state index contributed by atoms with van der Waals surface area (Å²) in [5.41, 5.74) is 1.13. The lowest BCUT2D eigenvalue weighted by Crippen LogP contribution is -2.49. The molecule has 2 saturated heterocycles. The van der Waals surface area contributed by atoms with Crippen molar-refractivity contribution in [1.29, 1.82) is 0 Å². The van der Waals surface area contributed by atoms with Crippen molar-refractivity contribution in [3.05, 3.63) is 18.0 Å². The van der Waals surface area contributed by atoms with Gasteiger partial charge in [-0.2, -0.15) is 0 Å². The predicted molar refractivity (Wildman–Crippen MR) is 77.4 cm³/mol. The standard InChI is InChI=1S/C15H24N4/c1-3-6-19(15-16-9-11(2)10-17-15)14-7-12-4-5-13(8-14)18-12/h9-10,12-14,18H,3-8H2,1-2H3. The molecule has 0 saturated carbocycles. The van der Waals surface area contributed by atoms with Gasteiger partial charge in [-0.3, -0.25) is 0 Å². The number of piperidine rings is 1. The van der Waals surface area contributed by atoms with E-state index in [4.69, 9.17) is 0 Å². The molecule has 0 amide bonds. The SMILES string of the molecule is CCCN(c1ncc(C)cn1)C1CC2CCC(C1)N2. The molecule has 0 spiro atoms. The van der Waals surface area contributed by atoms with Gasteiger partial charge in [0.05, 0.1) is 0 Å². The highest BCUT2D eigenvalue weighted by atomic mass is 15.3. The number of rotatable bonds is 4. The highest BCUT2D eigenvalue weighted by Crippen LogP contribution is 2.31. The second-order valence-corrected chi connectivity index (χ2v) is 6.02. The van der Waals surface area contributed by atoms with Crippen molar-refractivity contribution in [3.8, 4) is 0 Å². The second kappa shape index (κ2) is 5.45. The van der Waals surface area contributed by atoms with Crippen molar-refractivity contribution in [2.45, 2.75) is 64.1 Å². The molecule has 1 aromatic rings. The van der Waals surface area contributed by atoms with Crippen LogP contribution in [0.4, 0.5) is 5.95 Å². The third kappa shape index (κ3) is 2.73. The van der Waals surface area contributed by atoms with Crippen molar-refractivity contribution < 1.29 is 0 Å². The molecule has 2 fully saturated rings. The number of nitrogens with zero attached hydrogens (tertiary/aromatic N) is 3. The Morgan fingerprint density at radius 3 is 2.42 bits per heavy atom. The van der Waals surface area contributed by atoms with Crippen LogP contribution in [0.5, 0.6) is 0 Å². The smallest absolute Gasteiger partial charge is 0.225 e. The van der Waals surface area contributed by atoms with Crippen LogP contribution in [-0.2, 0) is 0 Å². The number of hydrogen-bond acceptors (Lipinski definition) is 4. The van der Waals surface area contributed by atoms with E-state index in [-0.39, 0.29) is 0 Å². The molecule has 4 heteroatoms. The Labute approximate surface area is 115 Å². The topological polar surface area (TPSA) is 41.1 Å². The first-order valence-electron chi connectivity index (χ1n) is 7.57. The zero-order valence-electron chi connectivity index (χ0n) is 12.0. The van der Waals surface area contributed by atoms with Gasteiger partial charge in [0, 0.05) is 37.1 Å². The zero-order valence-corrected chi connectivity index (χ0v) is 12.0. The Morgan fingerprint density at radius 1 is 1.21 bits per heavy atom. The third-order valence-corrected chi connectivity index (χ3v) is 4.38. The van der Waals surface area contributed by atoms with E-state index in [0.717, 1.165) is 24.5 Å². The van der Waals surface area contributed by atoms with Crippen LogP contribution in [0.25, 0.3) is 0 Å². The first-order valence-corrected chi connectivity index (χ1v) is 7.57. The van der Waals surface area contributed by atoms with Crippen molar-refractivity contribution in [2.24, 2.45) is 0 Å². The largest absolute Gasteiger partial charge is 0.338 e. The molecule has 2 bridgehead atoms. The summed E-state index contributed by atoms with van der Waals surface area (Å²) in [6, 6.07) is 2.04. The molecule has 1 N–H and O–H groups in total. The Kier molecular flexibility index (Phi) is 3.69. The van der Waals surface area contributed by atoms with E-state index in [9.17, 15) is 0 Å². The van der Waals surface area contributed by atoms with E-state index >= 15 is 0 Å². The molecule has 2 aliphatic rings. The van der Waals surface area contributed by atoms with E-state index in [1.165, 1.54) is 25.7 Å². The number of aryl methyl sites for hydroxylation is 1. The number of nitrogens with one attached hydrogen (secondary N) is 1. The van der Waals surface area contributed by atoms with Gasteiger partial charge in [-0.25, -0.2) is 9.97 Å². The van der Waals surface area contributed by atoms with Gasteiger partial charge in [0.15, 0.2) is 0 Å². The van der Waals surface area contributed by atoms with Gasteiger partial charge in [0.25, 0.3) is 0 Å². The molecule has 4 nitrogen and oxygen atoms in total. The van der Waals surface area contributed by atoms with Crippen LogP contribution in [-0.4, -0.2) is 34.6 Å². The maximum atomic E-state index is 4.54. The normalized spacial score (nSPS) is 29.5. The molecule has 2 atom stereocenters. The molecule has 0 aliphatic carbocycles. The average Bonchev–Trinajstić information content (AvgIpc) is 2.76. The number of fused-ring (bicyclic) bond motifs is 2. The van der Waals surface area contributed by atoms with Gasteiger partial charge < -0.3 is 10.2 Å².